The lowest BCUT2D eigenvalue weighted by Gasteiger charge is -2.08. The molecule has 0 spiro atoms. The molecule has 2 N–H and O–H groups in total. The first kappa shape index (κ1) is 14.3. The first-order chi connectivity index (χ1) is 12.9. The summed E-state index contributed by atoms with van der Waals surface area (Å²) in [6.45, 7) is 0. The Morgan fingerprint density at radius 3 is 2.73 bits per heavy atom. The summed E-state index contributed by atoms with van der Waals surface area (Å²) in [5.41, 5.74) is 4.49. The van der Waals surface area contributed by atoms with Gasteiger partial charge in [0.05, 0.1) is 23.8 Å². The molecule has 5 rings (SSSR count). The molecule has 0 amide bonds. The summed E-state index contributed by atoms with van der Waals surface area (Å²) in [5.74, 6) is 0.677. The van der Waals surface area contributed by atoms with Gasteiger partial charge < -0.3 is 5.32 Å². The van der Waals surface area contributed by atoms with Crippen LogP contribution in [0.15, 0.2) is 67.9 Å². The van der Waals surface area contributed by atoms with Crippen molar-refractivity contribution < 1.29 is 0 Å². The van der Waals surface area contributed by atoms with Crippen LogP contribution in [0.1, 0.15) is 0 Å². The number of aromatic amines is 1. The number of anilines is 2. The maximum absolute atomic E-state index is 4.50. The van der Waals surface area contributed by atoms with E-state index in [4.69, 9.17) is 0 Å². The fourth-order valence-electron chi connectivity index (χ4n) is 2.79. The number of nitrogens with zero attached hydrogens (tertiary/aromatic N) is 7. The minimum absolute atomic E-state index is 0.677. The van der Waals surface area contributed by atoms with Crippen molar-refractivity contribution in [2.75, 3.05) is 5.32 Å². The van der Waals surface area contributed by atoms with E-state index in [0.717, 1.165) is 28.3 Å². The first-order valence-electron chi connectivity index (χ1n) is 7.92. The van der Waals surface area contributed by atoms with E-state index >= 15 is 0 Å². The van der Waals surface area contributed by atoms with Crippen LogP contribution in [0, 0.1) is 0 Å². The molecule has 26 heavy (non-hydrogen) atoms. The second-order valence-corrected chi connectivity index (χ2v) is 5.61. The predicted octanol–water partition coefficient (Wildman–Crippen LogP) is 2.44. The molecule has 9 nitrogen and oxygen atoms in total. The molecule has 0 atom stereocenters. The van der Waals surface area contributed by atoms with Gasteiger partial charge >= 0.3 is 0 Å². The summed E-state index contributed by atoms with van der Waals surface area (Å²) in [5, 5.41) is 14.3. The Balaban J connectivity index is 1.48. The van der Waals surface area contributed by atoms with Gasteiger partial charge in [-0.3, -0.25) is 9.50 Å². The number of aromatic nitrogens is 8. The molecular weight excluding hydrogens is 330 g/mol. The zero-order chi connectivity index (χ0) is 17.3. The average Bonchev–Trinajstić information content (AvgIpc) is 3.43. The molecule has 0 saturated carbocycles. The Morgan fingerprint density at radius 2 is 1.96 bits per heavy atom. The summed E-state index contributed by atoms with van der Waals surface area (Å²) in [4.78, 5) is 12.9. The zero-order valence-corrected chi connectivity index (χ0v) is 13.5. The first-order valence-corrected chi connectivity index (χ1v) is 7.92. The Kier molecular flexibility index (Phi) is 3.21. The van der Waals surface area contributed by atoms with Gasteiger partial charge in [-0.15, -0.1) is 0 Å². The van der Waals surface area contributed by atoms with Crippen molar-refractivity contribution in [2.24, 2.45) is 0 Å². The van der Waals surface area contributed by atoms with Crippen LogP contribution >= 0.6 is 0 Å². The highest BCUT2D eigenvalue weighted by atomic mass is 15.3. The van der Waals surface area contributed by atoms with Crippen molar-refractivity contribution in [1.82, 2.24) is 39.3 Å². The van der Waals surface area contributed by atoms with E-state index in [2.05, 4.69) is 35.6 Å². The Labute approximate surface area is 147 Å². The fraction of sp³-hybridized carbons (Fsp3) is 0. The highest BCUT2D eigenvalue weighted by Gasteiger charge is 2.11. The monoisotopic (exact) mass is 343 g/mol. The second-order valence-electron chi connectivity index (χ2n) is 5.61. The van der Waals surface area contributed by atoms with Gasteiger partial charge in [-0.05, 0) is 24.3 Å². The number of hydrogen-bond acceptors (Lipinski definition) is 6. The van der Waals surface area contributed by atoms with Gasteiger partial charge in [0.15, 0.2) is 11.5 Å². The number of rotatable bonds is 4. The number of fused-ring (bicyclic) bond motifs is 1. The highest BCUT2D eigenvalue weighted by molar-refractivity contribution is 5.74. The van der Waals surface area contributed by atoms with Crippen molar-refractivity contribution in [2.45, 2.75) is 0 Å². The van der Waals surface area contributed by atoms with Gasteiger partial charge in [-0.2, -0.15) is 10.2 Å². The summed E-state index contributed by atoms with van der Waals surface area (Å²) >= 11 is 0. The molecule has 9 heteroatoms. The van der Waals surface area contributed by atoms with Gasteiger partial charge in [-0.25, -0.2) is 19.6 Å². The zero-order valence-electron chi connectivity index (χ0n) is 13.5. The molecule has 0 fully saturated rings. The molecule has 0 aliphatic heterocycles. The van der Waals surface area contributed by atoms with E-state index < -0.39 is 0 Å². The molecule has 0 aliphatic carbocycles. The molecule has 0 aliphatic rings. The van der Waals surface area contributed by atoms with Crippen LogP contribution < -0.4 is 5.32 Å². The topological polar surface area (TPSA) is 102 Å². The van der Waals surface area contributed by atoms with E-state index in [9.17, 15) is 0 Å². The molecular formula is C17H13N9. The van der Waals surface area contributed by atoms with E-state index in [0.29, 0.717) is 5.82 Å². The van der Waals surface area contributed by atoms with E-state index in [1.54, 1.807) is 29.6 Å². The van der Waals surface area contributed by atoms with E-state index in [1.807, 2.05) is 41.1 Å². The number of nitrogens with one attached hydrogen (secondary N) is 2. The van der Waals surface area contributed by atoms with Crippen molar-refractivity contribution in [3.63, 3.8) is 0 Å². The van der Waals surface area contributed by atoms with Gasteiger partial charge in [0.25, 0.3) is 0 Å². The van der Waals surface area contributed by atoms with Crippen LogP contribution in [0.3, 0.4) is 0 Å². The number of imidazole rings is 1. The van der Waals surface area contributed by atoms with Crippen molar-refractivity contribution in [3.05, 3.63) is 67.9 Å². The Morgan fingerprint density at radius 1 is 1.04 bits per heavy atom. The van der Waals surface area contributed by atoms with Gasteiger partial charge in [-0.1, -0.05) is 0 Å². The summed E-state index contributed by atoms with van der Waals surface area (Å²) in [6, 6.07) is 7.84. The predicted molar refractivity (Wildman–Crippen MR) is 95.2 cm³/mol. The Bertz CT molecular complexity index is 1140. The normalized spacial score (nSPS) is 11.1. The maximum Gasteiger partial charge on any atom is 0.180 e. The summed E-state index contributed by atoms with van der Waals surface area (Å²) in [7, 11) is 0. The van der Waals surface area contributed by atoms with Crippen LogP contribution in [0.5, 0.6) is 0 Å². The lowest BCUT2D eigenvalue weighted by Crippen LogP contribution is -1.99. The maximum atomic E-state index is 4.50. The standard InChI is InChI=1S/C17H13N9/c1-3-14(26-11-18-10-23-26)4-2-13(1)24-16-17-20-9-15(12-7-21-22-8-12)25(17)6-5-19-16/h1-11H,(H,19,24)(H,21,22). The van der Waals surface area contributed by atoms with E-state index in [1.165, 1.54) is 6.33 Å². The molecule has 0 radical (unpaired) electrons. The van der Waals surface area contributed by atoms with E-state index in [-0.39, 0.29) is 0 Å². The van der Waals surface area contributed by atoms with Gasteiger partial charge in [0, 0.05) is 29.8 Å². The molecule has 0 unspecified atom stereocenters. The second kappa shape index (κ2) is 5.81. The minimum atomic E-state index is 0.677. The molecule has 126 valence electrons. The van der Waals surface area contributed by atoms with Crippen LogP contribution in [0.4, 0.5) is 11.5 Å². The van der Waals surface area contributed by atoms with Crippen molar-refractivity contribution in [1.29, 1.82) is 0 Å². The average molecular weight is 343 g/mol. The molecule has 0 saturated heterocycles. The summed E-state index contributed by atoms with van der Waals surface area (Å²) in [6.07, 6.45) is 12.2. The van der Waals surface area contributed by atoms with Crippen molar-refractivity contribution >= 4 is 17.2 Å². The quantitative estimate of drug-likeness (QED) is 0.520. The SMILES string of the molecule is c1cn2c(-c3cn[nH]c3)cnc2c(Nc2ccc(-n3cncn3)cc2)n1. The third-order valence-electron chi connectivity index (χ3n) is 4.04. The van der Waals surface area contributed by atoms with Crippen LogP contribution in [-0.4, -0.2) is 39.3 Å². The lowest BCUT2D eigenvalue weighted by molar-refractivity contribution is 0.879. The number of hydrogen-bond donors (Lipinski definition) is 2. The largest absolute Gasteiger partial charge is 0.337 e. The molecule has 1 aromatic carbocycles. The third kappa shape index (κ3) is 2.38. The highest BCUT2D eigenvalue weighted by Crippen LogP contribution is 2.24. The lowest BCUT2D eigenvalue weighted by atomic mass is 10.3. The van der Waals surface area contributed by atoms with Gasteiger partial charge in [0.2, 0.25) is 0 Å². The molecule has 0 bridgehead atoms. The minimum Gasteiger partial charge on any atom is -0.337 e. The van der Waals surface area contributed by atoms with Crippen LogP contribution in [0.2, 0.25) is 0 Å². The van der Waals surface area contributed by atoms with Crippen molar-refractivity contribution in [3.8, 4) is 16.9 Å². The third-order valence-corrected chi connectivity index (χ3v) is 4.04. The number of H-pyrrole nitrogens is 1. The number of benzene rings is 1. The summed E-state index contributed by atoms with van der Waals surface area (Å²) < 4.78 is 3.68. The van der Waals surface area contributed by atoms with Crippen LogP contribution in [-0.2, 0) is 0 Å². The van der Waals surface area contributed by atoms with Crippen LogP contribution in [0.25, 0.3) is 22.6 Å². The van der Waals surface area contributed by atoms with Gasteiger partial charge in [0.1, 0.15) is 12.7 Å². The molecule has 4 heterocycles. The molecule has 4 aromatic heterocycles. The smallest absolute Gasteiger partial charge is 0.180 e. The molecule has 5 aromatic rings. The fourth-order valence-corrected chi connectivity index (χ4v) is 2.79. The Hall–Kier alpha value is -4.01.